The van der Waals surface area contributed by atoms with Crippen molar-refractivity contribution in [1.29, 1.82) is 0 Å². The molecule has 0 bridgehead atoms. The highest BCUT2D eigenvalue weighted by molar-refractivity contribution is 6.01. The summed E-state index contributed by atoms with van der Waals surface area (Å²) in [7, 11) is 0. The van der Waals surface area contributed by atoms with Crippen molar-refractivity contribution >= 4 is 11.9 Å². The van der Waals surface area contributed by atoms with Gasteiger partial charge in [-0.1, -0.05) is 78.7 Å². The third-order valence-electron chi connectivity index (χ3n) is 5.77. The normalized spacial score (nSPS) is 16.5. The minimum absolute atomic E-state index is 0.189. The fourth-order valence-electron chi connectivity index (χ4n) is 3.22. The van der Waals surface area contributed by atoms with E-state index in [-0.39, 0.29) is 23.2 Å². The van der Waals surface area contributed by atoms with Crippen LogP contribution in [0.5, 0.6) is 0 Å². The van der Waals surface area contributed by atoms with Gasteiger partial charge >= 0.3 is 11.9 Å². The molecule has 0 aliphatic heterocycles. The molecule has 0 saturated heterocycles. The first-order valence-corrected chi connectivity index (χ1v) is 11.7. The van der Waals surface area contributed by atoms with Gasteiger partial charge in [-0.05, 0) is 49.4 Å². The highest BCUT2D eigenvalue weighted by atomic mass is 16.5. The summed E-state index contributed by atoms with van der Waals surface area (Å²) >= 11 is 0. The highest BCUT2D eigenvalue weighted by Gasteiger charge is 2.28. The zero-order valence-electron chi connectivity index (χ0n) is 21.3. The lowest BCUT2D eigenvalue weighted by Crippen LogP contribution is -2.22. The van der Waals surface area contributed by atoms with Gasteiger partial charge in [0.15, 0.2) is 0 Å². The maximum Gasteiger partial charge on any atom is 0.334 e. The van der Waals surface area contributed by atoms with Gasteiger partial charge in [0.2, 0.25) is 0 Å². The number of hydrogen-bond acceptors (Lipinski definition) is 4. The first-order valence-electron chi connectivity index (χ1n) is 11.7. The van der Waals surface area contributed by atoms with Gasteiger partial charge in [-0.15, -0.1) is 0 Å². The van der Waals surface area contributed by atoms with E-state index in [1.807, 2.05) is 27.7 Å². The average Bonchev–Trinajstić information content (AvgIpc) is 2.68. The van der Waals surface area contributed by atoms with Crippen LogP contribution in [0.3, 0.4) is 0 Å². The molecule has 176 valence electrons. The molecule has 1 rings (SSSR count). The third kappa shape index (κ3) is 9.45. The van der Waals surface area contributed by atoms with E-state index in [1.54, 1.807) is 0 Å². The molecule has 4 nitrogen and oxygen atoms in total. The van der Waals surface area contributed by atoms with Crippen LogP contribution in [0.25, 0.3) is 0 Å². The van der Waals surface area contributed by atoms with Gasteiger partial charge in [-0.3, -0.25) is 0 Å². The summed E-state index contributed by atoms with van der Waals surface area (Å²) in [5.74, 6) is 0.0602. The molecular formula is C27H44O4. The number of carbonyl (C=O) groups excluding carboxylic acids is 2. The zero-order chi connectivity index (χ0) is 23.8. The van der Waals surface area contributed by atoms with Gasteiger partial charge in [0.1, 0.15) is 0 Å². The van der Waals surface area contributed by atoms with E-state index in [4.69, 9.17) is 9.47 Å². The van der Waals surface area contributed by atoms with Gasteiger partial charge in [-0.25, -0.2) is 9.59 Å². The Kier molecular flexibility index (Phi) is 10.8. The van der Waals surface area contributed by atoms with Crippen LogP contribution in [0.2, 0.25) is 0 Å². The number of hydrogen-bond donors (Lipinski definition) is 0. The molecule has 0 aromatic heterocycles. The van der Waals surface area contributed by atoms with Crippen molar-refractivity contribution < 1.29 is 19.1 Å². The number of ether oxygens (including phenoxy) is 2. The molecule has 0 aromatic carbocycles. The molecule has 0 saturated carbocycles. The van der Waals surface area contributed by atoms with Gasteiger partial charge < -0.3 is 9.47 Å². The predicted octanol–water partition coefficient (Wildman–Crippen LogP) is 6.81. The SMILES string of the molecule is C/C(=C\CCC(C)C1=CCC(C(=O)OCC(C)C)=C(C(=O)OCC(C)C)C1)C(C)(C)C. The molecule has 1 aliphatic rings. The van der Waals surface area contributed by atoms with E-state index in [9.17, 15) is 9.59 Å². The number of allylic oxidation sites excluding steroid dienone is 4. The number of esters is 2. The second-order valence-corrected chi connectivity index (χ2v) is 10.7. The van der Waals surface area contributed by atoms with Gasteiger partial charge in [-0.2, -0.15) is 0 Å². The van der Waals surface area contributed by atoms with Crippen molar-refractivity contribution in [3.63, 3.8) is 0 Å². The van der Waals surface area contributed by atoms with Crippen LogP contribution >= 0.6 is 0 Å². The van der Waals surface area contributed by atoms with Crippen LogP contribution in [0.15, 0.2) is 34.4 Å². The summed E-state index contributed by atoms with van der Waals surface area (Å²) in [6, 6.07) is 0. The lowest BCUT2D eigenvalue weighted by Gasteiger charge is -2.24. The van der Waals surface area contributed by atoms with Crippen LogP contribution in [-0.2, 0) is 19.1 Å². The summed E-state index contributed by atoms with van der Waals surface area (Å²) in [6.45, 7) is 19.8. The van der Waals surface area contributed by atoms with Gasteiger partial charge in [0.25, 0.3) is 0 Å². The zero-order valence-corrected chi connectivity index (χ0v) is 21.3. The topological polar surface area (TPSA) is 52.6 Å². The van der Waals surface area contributed by atoms with Crippen molar-refractivity contribution in [2.75, 3.05) is 13.2 Å². The molecular weight excluding hydrogens is 388 g/mol. The summed E-state index contributed by atoms with van der Waals surface area (Å²) in [5.41, 5.74) is 3.72. The minimum Gasteiger partial charge on any atom is -0.462 e. The first kappa shape index (κ1) is 27.2. The minimum atomic E-state index is -0.392. The Morgan fingerprint density at radius 1 is 0.968 bits per heavy atom. The Labute approximate surface area is 190 Å². The standard InChI is InChI=1S/C27H44O4/c1-18(2)16-30-25(28)23-14-13-22(15-24(23)26(29)31-17-19(3)4)20(5)11-10-12-21(6)27(7,8)9/h12-13,18-20H,10-11,14-17H2,1-9H3/b21-12+. The molecule has 0 aromatic rings. The van der Waals surface area contributed by atoms with Crippen molar-refractivity contribution in [3.05, 3.63) is 34.4 Å². The molecule has 31 heavy (non-hydrogen) atoms. The van der Waals surface area contributed by atoms with E-state index in [1.165, 1.54) is 11.1 Å². The highest BCUT2D eigenvalue weighted by Crippen LogP contribution is 2.33. The van der Waals surface area contributed by atoms with E-state index in [2.05, 4.69) is 46.8 Å². The molecule has 1 unspecified atom stereocenters. The van der Waals surface area contributed by atoms with E-state index in [0.29, 0.717) is 43.1 Å². The smallest absolute Gasteiger partial charge is 0.334 e. The van der Waals surface area contributed by atoms with Crippen LogP contribution < -0.4 is 0 Å². The van der Waals surface area contributed by atoms with Crippen molar-refractivity contribution in [1.82, 2.24) is 0 Å². The van der Waals surface area contributed by atoms with E-state index < -0.39 is 5.97 Å². The van der Waals surface area contributed by atoms with E-state index >= 15 is 0 Å². The predicted molar refractivity (Wildman–Crippen MR) is 128 cm³/mol. The maximum atomic E-state index is 12.8. The monoisotopic (exact) mass is 432 g/mol. The maximum absolute atomic E-state index is 12.8. The van der Waals surface area contributed by atoms with Crippen LogP contribution in [0.1, 0.15) is 88.0 Å². The number of rotatable bonds is 10. The molecule has 0 heterocycles. The summed E-state index contributed by atoms with van der Waals surface area (Å²) < 4.78 is 10.9. The molecule has 4 heteroatoms. The first-order chi connectivity index (χ1) is 14.3. The van der Waals surface area contributed by atoms with Crippen molar-refractivity contribution in [2.24, 2.45) is 23.2 Å². The quantitative estimate of drug-likeness (QED) is 0.281. The molecule has 0 amide bonds. The van der Waals surface area contributed by atoms with Crippen molar-refractivity contribution in [2.45, 2.75) is 88.0 Å². The van der Waals surface area contributed by atoms with Crippen molar-refractivity contribution in [3.8, 4) is 0 Å². The Hall–Kier alpha value is -1.84. The molecule has 0 N–H and O–H groups in total. The Morgan fingerprint density at radius 3 is 1.97 bits per heavy atom. The molecule has 1 atom stereocenters. The summed E-state index contributed by atoms with van der Waals surface area (Å²) in [6.07, 6.45) is 7.34. The summed E-state index contributed by atoms with van der Waals surface area (Å²) in [5, 5.41) is 0. The Morgan fingerprint density at radius 2 is 1.48 bits per heavy atom. The Balaban J connectivity index is 2.92. The molecule has 0 fully saturated rings. The fraction of sp³-hybridized carbons (Fsp3) is 0.704. The van der Waals surface area contributed by atoms with Gasteiger partial charge in [0.05, 0.1) is 24.4 Å². The van der Waals surface area contributed by atoms with Crippen LogP contribution in [-0.4, -0.2) is 25.2 Å². The third-order valence-corrected chi connectivity index (χ3v) is 5.77. The number of carbonyl (C=O) groups is 2. The molecule has 1 aliphatic carbocycles. The van der Waals surface area contributed by atoms with Crippen LogP contribution in [0, 0.1) is 23.2 Å². The molecule has 0 radical (unpaired) electrons. The fourth-order valence-corrected chi connectivity index (χ4v) is 3.22. The van der Waals surface area contributed by atoms with Crippen LogP contribution in [0.4, 0.5) is 0 Å². The average molecular weight is 433 g/mol. The summed E-state index contributed by atoms with van der Waals surface area (Å²) in [4.78, 5) is 25.5. The lowest BCUT2D eigenvalue weighted by atomic mass is 9.83. The largest absolute Gasteiger partial charge is 0.462 e. The second kappa shape index (κ2) is 12.3. The Bertz CT molecular complexity index is 714. The van der Waals surface area contributed by atoms with Gasteiger partial charge in [0, 0.05) is 6.42 Å². The molecule has 0 spiro atoms. The lowest BCUT2D eigenvalue weighted by molar-refractivity contribution is -0.143. The van der Waals surface area contributed by atoms with E-state index in [0.717, 1.165) is 12.8 Å². The second-order valence-electron chi connectivity index (χ2n) is 10.7.